The van der Waals surface area contributed by atoms with Crippen molar-refractivity contribution in [2.24, 2.45) is 0 Å². The summed E-state index contributed by atoms with van der Waals surface area (Å²) in [6.07, 6.45) is 12.1. The van der Waals surface area contributed by atoms with Gasteiger partial charge in [0, 0.05) is 12.8 Å². The van der Waals surface area contributed by atoms with Crippen LogP contribution in [0, 0.1) is 0 Å². The van der Waals surface area contributed by atoms with E-state index in [0.29, 0.717) is 13.2 Å². The highest BCUT2D eigenvalue weighted by atomic mass is 16.7. The molecule has 2 rings (SSSR count). The predicted octanol–water partition coefficient (Wildman–Crippen LogP) is 3.27. The van der Waals surface area contributed by atoms with Gasteiger partial charge in [0.25, 0.3) is 0 Å². The van der Waals surface area contributed by atoms with Crippen molar-refractivity contribution in [3.05, 3.63) is 12.2 Å². The summed E-state index contributed by atoms with van der Waals surface area (Å²) in [6.45, 7) is 2.72. The molecule has 0 aromatic heterocycles. The molecular formula is C24H41NO8. The van der Waals surface area contributed by atoms with Crippen molar-refractivity contribution in [3.8, 4) is 0 Å². The minimum atomic E-state index is -2.02. The topological polar surface area (TPSA) is 135 Å². The Morgan fingerprint density at radius 2 is 1.73 bits per heavy atom. The maximum atomic E-state index is 11.5. The summed E-state index contributed by atoms with van der Waals surface area (Å²) in [5, 5.41) is 31.2. The second-order valence-corrected chi connectivity index (χ2v) is 9.03. The smallest absolute Gasteiger partial charge is 0.408 e. The highest BCUT2D eigenvalue weighted by Crippen LogP contribution is 2.32. The fraction of sp³-hybridized carbons (Fsp3) is 0.833. The van der Waals surface area contributed by atoms with Crippen molar-refractivity contribution in [3.63, 3.8) is 0 Å². The molecule has 3 atom stereocenters. The number of carboxylic acids is 1. The number of cyclic esters (lactones) is 1. The van der Waals surface area contributed by atoms with Crippen LogP contribution < -0.4 is 5.32 Å². The molecule has 2 aliphatic rings. The summed E-state index contributed by atoms with van der Waals surface area (Å²) in [6, 6.07) is 0. The van der Waals surface area contributed by atoms with Gasteiger partial charge in [-0.3, -0.25) is 5.32 Å². The lowest BCUT2D eigenvalue weighted by Crippen LogP contribution is -2.61. The molecule has 2 aliphatic heterocycles. The van der Waals surface area contributed by atoms with Gasteiger partial charge in [0.2, 0.25) is 5.54 Å². The molecule has 190 valence electrons. The van der Waals surface area contributed by atoms with Crippen molar-refractivity contribution < 1.29 is 39.1 Å². The van der Waals surface area contributed by atoms with Gasteiger partial charge in [0.15, 0.2) is 11.9 Å². The van der Waals surface area contributed by atoms with E-state index in [1.54, 1.807) is 6.08 Å². The maximum Gasteiger partial charge on any atom is 0.408 e. The largest absolute Gasteiger partial charge is 0.479 e. The van der Waals surface area contributed by atoms with Crippen LogP contribution >= 0.6 is 0 Å². The van der Waals surface area contributed by atoms with Gasteiger partial charge in [-0.2, -0.15) is 0 Å². The van der Waals surface area contributed by atoms with Crippen LogP contribution in [0.4, 0.5) is 4.79 Å². The quantitative estimate of drug-likeness (QED) is 0.188. The van der Waals surface area contributed by atoms with Crippen LogP contribution in [0.2, 0.25) is 0 Å². The molecule has 0 bridgehead atoms. The van der Waals surface area contributed by atoms with Crippen LogP contribution in [-0.4, -0.2) is 70.7 Å². The molecule has 2 saturated heterocycles. The van der Waals surface area contributed by atoms with Crippen LogP contribution in [0.15, 0.2) is 12.2 Å². The number of carbonyl (C=O) groups is 2. The number of carbonyl (C=O) groups excluding carboxylic acids is 1. The number of nitrogens with one attached hydrogen (secondary N) is 1. The number of hydrogen-bond acceptors (Lipinski definition) is 7. The highest BCUT2D eigenvalue weighted by molar-refractivity contribution is 5.88. The third kappa shape index (κ3) is 7.95. The number of aliphatic hydroxyl groups is 2. The molecule has 9 nitrogen and oxygen atoms in total. The fourth-order valence-electron chi connectivity index (χ4n) is 4.50. The van der Waals surface area contributed by atoms with Crippen molar-refractivity contribution in [1.82, 2.24) is 5.32 Å². The standard InChI is InChI=1S/C24H41NO8/c1-2-3-4-11-14-23(31-16-17-32-23)15-12-9-7-5-6-8-10-13-19(27)20-24(18-26,21(28)29)25-22(30)33-20/h8,10,19-20,26-27H,2-7,9,11-18H2,1H3,(H,25,30)(H,28,29)/b10-8+/t19-,20+,24+/m1/s1. The lowest BCUT2D eigenvalue weighted by atomic mass is 9.89. The van der Waals surface area contributed by atoms with E-state index in [2.05, 4.69) is 12.2 Å². The summed E-state index contributed by atoms with van der Waals surface area (Å²) in [4.78, 5) is 23.0. The Kier molecular flexibility index (Phi) is 11.6. The van der Waals surface area contributed by atoms with Crippen molar-refractivity contribution in [2.45, 2.75) is 108 Å². The second-order valence-electron chi connectivity index (χ2n) is 9.03. The molecule has 9 heteroatoms. The van der Waals surface area contributed by atoms with Gasteiger partial charge in [-0.05, 0) is 32.1 Å². The lowest BCUT2D eigenvalue weighted by Gasteiger charge is -2.28. The minimum Gasteiger partial charge on any atom is -0.479 e. The third-order valence-corrected chi connectivity index (χ3v) is 6.47. The van der Waals surface area contributed by atoms with Gasteiger partial charge in [-0.25, -0.2) is 9.59 Å². The molecule has 0 saturated carbocycles. The number of aliphatic carboxylic acids is 1. The number of unbranched alkanes of at least 4 members (excludes halogenated alkanes) is 7. The molecule has 4 N–H and O–H groups in total. The summed E-state index contributed by atoms with van der Waals surface area (Å²) in [5.41, 5.74) is -2.02. The zero-order valence-electron chi connectivity index (χ0n) is 19.8. The number of rotatable bonds is 17. The van der Waals surface area contributed by atoms with Crippen molar-refractivity contribution in [1.29, 1.82) is 0 Å². The Balaban J connectivity index is 1.61. The first-order valence-corrected chi connectivity index (χ1v) is 12.3. The summed E-state index contributed by atoms with van der Waals surface area (Å²) in [7, 11) is 0. The number of allylic oxidation sites excluding steroid dienone is 1. The SMILES string of the molecule is CCCCCCC1(CCCCCC/C=C/C[C@@H](O)[C@@H]2OC(=O)N[C@]2(CO)C(=O)O)OCCO1. The van der Waals surface area contributed by atoms with Gasteiger partial charge in [0.1, 0.15) is 0 Å². The van der Waals surface area contributed by atoms with Crippen LogP contribution in [0.1, 0.15) is 84.0 Å². The first kappa shape index (κ1) is 27.6. The summed E-state index contributed by atoms with van der Waals surface area (Å²) in [5.74, 6) is -1.82. The van der Waals surface area contributed by atoms with E-state index in [4.69, 9.17) is 14.2 Å². The number of alkyl carbamates (subject to hydrolysis) is 1. The predicted molar refractivity (Wildman–Crippen MR) is 122 cm³/mol. The van der Waals surface area contributed by atoms with E-state index in [0.717, 1.165) is 51.4 Å². The number of hydrogen-bond donors (Lipinski definition) is 4. The number of aliphatic hydroxyl groups excluding tert-OH is 2. The Hall–Kier alpha value is -1.68. The van der Waals surface area contributed by atoms with E-state index in [-0.39, 0.29) is 12.2 Å². The number of carboxylic acid groups (broad SMARTS) is 1. The molecule has 2 fully saturated rings. The van der Waals surface area contributed by atoms with Crippen molar-refractivity contribution in [2.75, 3.05) is 19.8 Å². The van der Waals surface area contributed by atoms with Crippen LogP contribution in [-0.2, 0) is 19.0 Å². The molecule has 0 unspecified atom stereocenters. The molecular weight excluding hydrogens is 430 g/mol. The molecule has 0 aromatic rings. The zero-order valence-corrected chi connectivity index (χ0v) is 19.8. The Bertz CT molecular complexity index is 634. The van der Waals surface area contributed by atoms with Crippen LogP contribution in [0.5, 0.6) is 0 Å². The monoisotopic (exact) mass is 471 g/mol. The molecule has 0 aliphatic carbocycles. The first-order chi connectivity index (χ1) is 15.9. The van der Waals surface area contributed by atoms with E-state index >= 15 is 0 Å². The zero-order chi connectivity index (χ0) is 24.2. The van der Waals surface area contributed by atoms with E-state index in [1.165, 1.54) is 19.3 Å². The third-order valence-electron chi connectivity index (χ3n) is 6.47. The normalized spacial score (nSPS) is 25.3. The molecule has 1 amide bonds. The van der Waals surface area contributed by atoms with Gasteiger partial charge < -0.3 is 29.5 Å². The highest BCUT2D eigenvalue weighted by Gasteiger charge is 2.57. The molecule has 0 radical (unpaired) electrons. The lowest BCUT2D eigenvalue weighted by molar-refractivity contribution is -0.168. The van der Waals surface area contributed by atoms with Crippen molar-refractivity contribution >= 4 is 12.1 Å². The van der Waals surface area contributed by atoms with Gasteiger partial charge in [0.05, 0.1) is 25.9 Å². The average molecular weight is 472 g/mol. The Labute approximate surface area is 196 Å². The van der Waals surface area contributed by atoms with Gasteiger partial charge in [-0.15, -0.1) is 0 Å². The first-order valence-electron chi connectivity index (χ1n) is 12.3. The molecule has 0 aromatic carbocycles. The average Bonchev–Trinajstić information content (AvgIpc) is 3.40. The number of amides is 1. The Morgan fingerprint density at radius 1 is 1.09 bits per heavy atom. The maximum absolute atomic E-state index is 11.5. The molecule has 2 heterocycles. The van der Waals surface area contributed by atoms with Gasteiger partial charge >= 0.3 is 12.1 Å². The van der Waals surface area contributed by atoms with Crippen LogP contribution in [0.3, 0.4) is 0 Å². The van der Waals surface area contributed by atoms with E-state index < -0.39 is 36.4 Å². The van der Waals surface area contributed by atoms with Crippen LogP contribution in [0.25, 0.3) is 0 Å². The summed E-state index contributed by atoms with van der Waals surface area (Å²) < 4.78 is 16.8. The van der Waals surface area contributed by atoms with E-state index in [9.17, 15) is 24.9 Å². The minimum absolute atomic E-state index is 0.129. The van der Waals surface area contributed by atoms with E-state index in [1.807, 2.05) is 6.08 Å². The molecule has 33 heavy (non-hydrogen) atoms. The molecule has 0 spiro atoms. The Morgan fingerprint density at radius 3 is 2.33 bits per heavy atom. The fourth-order valence-corrected chi connectivity index (χ4v) is 4.50. The number of ether oxygens (including phenoxy) is 3. The summed E-state index contributed by atoms with van der Waals surface area (Å²) >= 11 is 0. The van der Waals surface area contributed by atoms with Gasteiger partial charge in [-0.1, -0.05) is 51.2 Å². The second kappa shape index (κ2) is 13.9.